The first-order valence-corrected chi connectivity index (χ1v) is 6.20. The molecule has 4 nitrogen and oxygen atoms in total. The second-order valence-electron chi connectivity index (χ2n) is 2.83. The lowest BCUT2D eigenvalue weighted by Gasteiger charge is -2.15. The molecule has 1 aromatic carbocycles. The minimum absolute atomic E-state index is 0.198. The fourth-order valence-electron chi connectivity index (χ4n) is 0.973. The molecule has 1 rings (SSSR count). The first-order chi connectivity index (χ1) is 7.50. The van der Waals surface area contributed by atoms with Crippen molar-refractivity contribution in [2.45, 2.75) is 0 Å². The molecule has 0 aliphatic heterocycles. The van der Waals surface area contributed by atoms with Crippen molar-refractivity contribution in [3.8, 4) is 0 Å². The van der Waals surface area contributed by atoms with Gasteiger partial charge in [0.1, 0.15) is 5.76 Å². The average Bonchev–Trinajstić information content (AvgIpc) is 2.29. The second kappa shape index (κ2) is 5.51. The molecule has 0 amide bonds. The van der Waals surface area contributed by atoms with Crippen LogP contribution >= 0.6 is 19.4 Å². The molecule has 1 aromatic rings. The van der Waals surface area contributed by atoms with E-state index in [4.69, 9.17) is 16.1 Å². The molecule has 0 atom stereocenters. The molecule has 0 aliphatic carbocycles. The predicted molar refractivity (Wildman–Crippen MR) is 63.2 cm³/mol. The number of hydrogen-bond acceptors (Lipinski definition) is 4. The van der Waals surface area contributed by atoms with Crippen LogP contribution in [0.5, 0.6) is 0 Å². The standard InChI is InChI=1S/C10H12ClO4P/c1-8(15-16(12,13-2)14-3)9-4-6-10(11)7-5-9/h4-7H,1H2,2-3H3. The Balaban J connectivity index is 2.80. The summed E-state index contributed by atoms with van der Waals surface area (Å²) in [5, 5.41) is 0.596. The molecule has 0 heterocycles. The van der Waals surface area contributed by atoms with E-state index in [0.717, 1.165) is 0 Å². The van der Waals surface area contributed by atoms with Gasteiger partial charge in [0.15, 0.2) is 0 Å². The van der Waals surface area contributed by atoms with Crippen LogP contribution in [0.4, 0.5) is 0 Å². The van der Waals surface area contributed by atoms with Gasteiger partial charge in [-0.05, 0) is 24.3 Å². The monoisotopic (exact) mass is 262 g/mol. The highest BCUT2D eigenvalue weighted by atomic mass is 35.5. The third kappa shape index (κ3) is 3.35. The third-order valence-corrected chi connectivity index (χ3v) is 3.43. The Morgan fingerprint density at radius 2 is 1.75 bits per heavy atom. The minimum Gasteiger partial charge on any atom is -0.404 e. The van der Waals surface area contributed by atoms with Gasteiger partial charge in [0.05, 0.1) is 0 Å². The average molecular weight is 263 g/mol. The summed E-state index contributed by atoms with van der Waals surface area (Å²) in [6.07, 6.45) is 0. The predicted octanol–water partition coefficient (Wildman–Crippen LogP) is 3.73. The van der Waals surface area contributed by atoms with Crippen molar-refractivity contribution in [3.05, 3.63) is 41.4 Å². The number of benzene rings is 1. The van der Waals surface area contributed by atoms with Gasteiger partial charge >= 0.3 is 7.82 Å². The Hall–Kier alpha value is -0.800. The minimum atomic E-state index is -3.55. The number of hydrogen-bond donors (Lipinski definition) is 0. The van der Waals surface area contributed by atoms with Crippen LogP contribution in [0.1, 0.15) is 5.56 Å². The lowest BCUT2D eigenvalue weighted by atomic mass is 10.2. The lowest BCUT2D eigenvalue weighted by molar-refractivity contribution is 0.201. The van der Waals surface area contributed by atoms with Gasteiger partial charge in [-0.2, -0.15) is 0 Å². The summed E-state index contributed by atoms with van der Waals surface area (Å²) in [4.78, 5) is 0. The second-order valence-corrected chi connectivity index (χ2v) is 5.08. The summed E-state index contributed by atoms with van der Waals surface area (Å²) in [5.41, 5.74) is 0.652. The molecule has 0 radical (unpaired) electrons. The van der Waals surface area contributed by atoms with E-state index < -0.39 is 7.82 Å². The number of phosphoric ester groups is 1. The SMILES string of the molecule is C=C(OP(=O)(OC)OC)c1ccc(Cl)cc1. The molecule has 0 saturated heterocycles. The highest BCUT2D eigenvalue weighted by molar-refractivity contribution is 7.48. The van der Waals surface area contributed by atoms with E-state index in [-0.39, 0.29) is 5.76 Å². The van der Waals surface area contributed by atoms with Crippen molar-refractivity contribution < 1.29 is 18.1 Å². The first-order valence-electron chi connectivity index (χ1n) is 4.36. The molecule has 6 heteroatoms. The molecule has 16 heavy (non-hydrogen) atoms. The van der Waals surface area contributed by atoms with Gasteiger partial charge < -0.3 is 4.52 Å². The molecule has 0 N–H and O–H groups in total. The molecule has 0 saturated carbocycles. The van der Waals surface area contributed by atoms with Gasteiger partial charge in [0.25, 0.3) is 0 Å². The van der Waals surface area contributed by atoms with Gasteiger partial charge in [-0.3, -0.25) is 9.05 Å². The number of phosphoric acid groups is 1. The van der Waals surface area contributed by atoms with Gasteiger partial charge in [0, 0.05) is 24.8 Å². The molecule has 0 aliphatic rings. The van der Waals surface area contributed by atoms with E-state index in [0.29, 0.717) is 10.6 Å². The third-order valence-electron chi connectivity index (χ3n) is 1.84. The maximum atomic E-state index is 11.6. The quantitative estimate of drug-likeness (QED) is 0.599. The number of halogens is 1. The van der Waals surface area contributed by atoms with Gasteiger partial charge in [-0.25, -0.2) is 4.57 Å². The fourth-order valence-corrected chi connectivity index (χ4v) is 1.77. The Morgan fingerprint density at radius 1 is 1.25 bits per heavy atom. The summed E-state index contributed by atoms with van der Waals surface area (Å²) in [7, 11) is -1.08. The van der Waals surface area contributed by atoms with E-state index in [2.05, 4.69) is 15.6 Å². The summed E-state index contributed by atoms with van der Waals surface area (Å²) >= 11 is 5.73. The lowest BCUT2D eigenvalue weighted by Crippen LogP contribution is -1.94. The van der Waals surface area contributed by atoms with Gasteiger partial charge in [-0.1, -0.05) is 18.2 Å². The smallest absolute Gasteiger partial charge is 0.404 e. The van der Waals surface area contributed by atoms with Crippen molar-refractivity contribution in [2.75, 3.05) is 14.2 Å². The van der Waals surface area contributed by atoms with E-state index in [1.807, 2.05) is 0 Å². The van der Waals surface area contributed by atoms with Crippen molar-refractivity contribution in [2.24, 2.45) is 0 Å². The zero-order chi connectivity index (χ0) is 12.2. The molecule has 0 unspecified atom stereocenters. The van der Waals surface area contributed by atoms with Crippen LogP contribution in [0.25, 0.3) is 5.76 Å². The van der Waals surface area contributed by atoms with Crippen molar-refractivity contribution in [1.82, 2.24) is 0 Å². The van der Waals surface area contributed by atoms with E-state index in [1.54, 1.807) is 24.3 Å². The molecule has 0 bridgehead atoms. The van der Waals surface area contributed by atoms with E-state index in [1.165, 1.54) is 14.2 Å². The molecule has 88 valence electrons. The van der Waals surface area contributed by atoms with Crippen LogP contribution in [-0.2, 0) is 18.1 Å². The maximum Gasteiger partial charge on any atom is 0.529 e. The van der Waals surface area contributed by atoms with E-state index in [9.17, 15) is 4.57 Å². The zero-order valence-electron chi connectivity index (χ0n) is 8.97. The van der Waals surface area contributed by atoms with Crippen molar-refractivity contribution in [1.29, 1.82) is 0 Å². The Bertz CT molecular complexity index is 407. The van der Waals surface area contributed by atoms with Crippen molar-refractivity contribution in [3.63, 3.8) is 0 Å². The molecule has 0 aromatic heterocycles. The van der Waals surface area contributed by atoms with Crippen LogP contribution in [0, 0.1) is 0 Å². The number of rotatable bonds is 5. The normalized spacial score (nSPS) is 11.2. The summed E-state index contributed by atoms with van der Waals surface area (Å²) in [6.45, 7) is 3.64. The largest absolute Gasteiger partial charge is 0.529 e. The Kier molecular flexibility index (Phi) is 4.56. The van der Waals surface area contributed by atoms with Crippen LogP contribution in [0.2, 0.25) is 5.02 Å². The zero-order valence-corrected chi connectivity index (χ0v) is 10.6. The highest BCUT2D eigenvalue weighted by Crippen LogP contribution is 2.50. The van der Waals surface area contributed by atoms with Crippen LogP contribution in [0.15, 0.2) is 30.8 Å². The van der Waals surface area contributed by atoms with Crippen LogP contribution < -0.4 is 0 Å². The van der Waals surface area contributed by atoms with Gasteiger partial charge in [0.2, 0.25) is 0 Å². The highest BCUT2D eigenvalue weighted by Gasteiger charge is 2.25. The molecule has 0 fully saturated rings. The maximum absolute atomic E-state index is 11.6. The van der Waals surface area contributed by atoms with Crippen LogP contribution in [0.3, 0.4) is 0 Å². The first kappa shape index (κ1) is 13.3. The molecular weight excluding hydrogens is 251 g/mol. The summed E-state index contributed by atoms with van der Waals surface area (Å²) in [6, 6.07) is 6.74. The Labute approximate surface area is 99.4 Å². The summed E-state index contributed by atoms with van der Waals surface area (Å²) in [5.74, 6) is 0.198. The van der Waals surface area contributed by atoms with Gasteiger partial charge in [-0.15, -0.1) is 0 Å². The molecular formula is C10H12ClO4P. The van der Waals surface area contributed by atoms with Crippen LogP contribution in [-0.4, -0.2) is 14.2 Å². The van der Waals surface area contributed by atoms with E-state index >= 15 is 0 Å². The topological polar surface area (TPSA) is 44.8 Å². The van der Waals surface area contributed by atoms with Crippen molar-refractivity contribution >= 4 is 25.2 Å². The fraction of sp³-hybridized carbons (Fsp3) is 0.200. The summed E-state index contributed by atoms with van der Waals surface area (Å²) < 4.78 is 25.9. The Morgan fingerprint density at radius 3 is 2.19 bits per heavy atom. The molecule has 0 spiro atoms.